The van der Waals surface area contributed by atoms with Crippen LogP contribution in [0.2, 0.25) is 0 Å². The maximum absolute atomic E-state index is 12.6. The molecule has 1 fully saturated rings. The number of thioether (sulfide) groups is 1. The number of nitrogens with one attached hydrogen (secondary N) is 1. The van der Waals surface area contributed by atoms with Crippen LogP contribution >= 0.6 is 24.0 Å². The van der Waals surface area contributed by atoms with Crippen molar-refractivity contribution in [1.29, 1.82) is 0 Å². The molecule has 3 heterocycles. The normalized spacial score (nSPS) is 18.1. The topological polar surface area (TPSA) is 84.7 Å². The van der Waals surface area contributed by atoms with Gasteiger partial charge in [-0.2, -0.15) is 0 Å². The van der Waals surface area contributed by atoms with Gasteiger partial charge in [-0.15, -0.1) is 0 Å². The first-order valence-corrected chi connectivity index (χ1v) is 8.58. The molecule has 0 aliphatic carbocycles. The molecule has 0 saturated carbocycles. The SMILES string of the molecule is O=C1NC(=S)SC1=Cc1ccc2c(c1)N(C(=O)c1ccno1)CCO2. The minimum Gasteiger partial charge on any atom is -0.490 e. The smallest absolute Gasteiger partial charge is 0.297 e. The molecule has 0 radical (unpaired) electrons. The first-order chi connectivity index (χ1) is 12.1. The van der Waals surface area contributed by atoms with E-state index >= 15 is 0 Å². The molecule has 0 spiro atoms. The monoisotopic (exact) mass is 373 g/mol. The second-order valence-corrected chi connectivity index (χ2v) is 6.98. The fourth-order valence-corrected chi connectivity index (χ4v) is 3.61. The minimum absolute atomic E-state index is 0.160. The summed E-state index contributed by atoms with van der Waals surface area (Å²) in [6, 6.07) is 6.91. The van der Waals surface area contributed by atoms with Crippen molar-refractivity contribution in [2.24, 2.45) is 0 Å². The van der Waals surface area contributed by atoms with E-state index in [1.165, 1.54) is 24.0 Å². The van der Waals surface area contributed by atoms with E-state index in [0.717, 1.165) is 5.56 Å². The van der Waals surface area contributed by atoms with Crippen molar-refractivity contribution < 1.29 is 18.8 Å². The van der Waals surface area contributed by atoms with Gasteiger partial charge in [-0.1, -0.05) is 35.2 Å². The summed E-state index contributed by atoms with van der Waals surface area (Å²) in [5.41, 5.74) is 1.38. The Bertz CT molecular complexity index is 908. The Hall–Kier alpha value is -2.65. The van der Waals surface area contributed by atoms with Crippen LogP contribution in [0.5, 0.6) is 5.75 Å². The lowest BCUT2D eigenvalue weighted by atomic mass is 10.1. The van der Waals surface area contributed by atoms with Gasteiger partial charge in [0.15, 0.2) is 0 Å². The maximum Gasteiger partial charge on any atom is 0.297 e. The molecule has 2 aliphatic heterocycles. The van der Waals surface area contributed by atoms with Crippen LogP contribution in [0, 0.1) is 0 Å². The van der Waals surface area contributed by atoms with E-state index in [2.05, 4.69) is 10.5 Å². The van der Waals surface area contributed by atoms with Crippen molar-refractivity contribution in [3.8, 4) is 5.75 Å². The molecule has 0 atom stereocenters. The zero-order valence-electron chi connectivity index (χ0n) is 12.7. The zero-order chi connectivity index (χ0) is 17.4. The third-order valence-corrected chi connectivity index (χ3v) is 4.84. The van der Waals surface area contributed by atoms with Crippen LogP contribution in [-0.4, -0.2) is 34.4 Å². The second kappa shape index (κ2) is 6.34. The fourth-order valence-electron chi connectivity index (χ4n) is 2.57. The van der Waals surface area contributed by atoms with Crippen LogP contribution in [0.4, 0.5) is 5.69 Å². The van der Waals surface area contributed by atoms with Crippen LogP contribution in [0.25, 0.3) is 6.08 Å². The van der Waals surface area contributed by atoms with E-state index in [9.17, 15) is 9.59 Å². The van der Waals surface area contributed by atoms with Crippen LogP contribution in [0.3, 0.4) is 0 Å². The van der Waals surface area contributed by atoms with Gasteiger partial charge < -0.3 is 14.6 Å². The average Bonchev–Trinajstić information content (AvgIpc) is 3.24. The molecule has 0 unspecified atom stereocenters. The molecular weight excluding hydrogens is 362 g/mol. The Morgan fingerprint density at radius 3 is 3.00 bits per heavy atom. The molecule has 2 aromatic rings. The predicted octanol–water partition coefficient (Wildman–Crippen LogP) is 2.20. The number of hydrogen-bond acceptors (Lipinski definition) is 7. The van der Waals surface area contributed by atoms with Crippen molar-refractivity contribution in [2.75, 3.05) is 18.1 Å². The Morgan fingerprint density at radius 2 is 2.28 bits per heavy atom. The summed E-state index contributed by atoms with van der Waals surface area (Å²) in [6.45, 7) is 0.783. The van der Waals surface area contributed by atoms with E-state index in [-0.39, 0.29) is 17.6 Å². The van der Waals surface area contributed by atoms with E-state index in [1.54, 1.807) is 23.1 Å². The largest absolute Gasteiger partial charge is 0.490 e. The van der Waals surface area contributed by atoms with Crippen molar-refractivity contribution in [2.45, 2.75) is 0 Å². The number of anilines is 1. The lowest BCUT2D eigenvalue weighted by Crippen LogP contribution is -2.37. The number of ether oxygens (including phenoxy) is 1. The number of thiocarbonyl (C=S) groups is 1. The predicted molar refractivity (Wildman–Crippen MR) is 96.4 cm³/mol. The first-order valence-electron chi connectivity index (χ1n) is 7.36. The lowest BCUT2D eigenvalue weighted by Gasteiger charge is -2.29. The molecule has 1 aromatic carbocycles. The molecule has 1 aromatic heterocycles. The molecule has 9 heteroatoms. The number of benzene rings is 1. The molecule has 1 saturated heterocycles. The molecule has 25 heavy (non-hydrogen) atoms. The molecule has 4 rings (SSSR count). The van der Waals surface area contributed by atoms with Gasteiger partial charge in [0, 0.05) is 6.07 Å². The summed E-state index contributed by atoms with van der Waals surface area (Å²) < 4.78 is 11.0. The summed E-state index contributed by atoms with van der Waals surface area (Å²) >= 11 is 6.19. The minimum atomic E-state index is -0.291. The van der Waals surface area contributed by atoms with Gasteiger partial charge in [0.1, 0.15) is 16.7 Å². The summed E-state index contributed by atoms with van der Waals surface area (Å²) in [6.07, 6.45) is 3.15. The van der Waals surface area contributed by atoms with Crippen molar-refractivity contribution in [1.82, 2.24) is 10.5 Å². The molecule has 0 bridgehead atoms. The number of rotatable bonds is 2. The Morgan fingerprint density at radius 1 is 1.40 bits per heavy atom. The van der Waals surface area contributed by atoms with Crippen molar-refractivity contribution in [3.63, 3.8) is 0 Å². The van der Waals surface area contributed by atoms with Crippen LogP contribution in [0.15, 0.2) is 39.9 Å². The van der Waals surface area contributed by atoms with E-state index < -0.39 is 0 Å². The number of nitrogens with zero attached hydrogens (tertiary/aromatic N) is 2. The highest BCUT2D eigenvalue weighted by Crippen LogP contribution is 2.35. The van der Waals surface area contributed by atoms with E-state index in [1.807, 2.05) is 6.07 Å². The van der Waals surface area contributed by atoms with Gasteiger partial charge in [-0.25, -0.2) is 0 Å². The van der Waals surface area contributed by atoms with Crippen LogP contribution in [-0.2, 0) is 4.79 Å². The molecule has 2 amide bonds. The van der Waals surface area contributed by atoms with E-state index in [0.29, 0.717) is 33.8 Å². The highest BCUT2D eigenvalue weighted by Gasteiger charge is 2.27. The number of hydrogen-bond donors (Lipinski definition) is 1. The zero-order valence-corrected chi connectivity index (χ0v) is 14.4. The van der Waals surface area contributed by atoms with Gasteiger partial charge in [0.2, 0.25) is 5.76 Å². The van der Waals surface area contributed by atoms with Crippen LogP contribution in [0.1, 0.15) is 16.1 Å². The Labute approximate surface area is 152 Å². The van der Waals surface area contributed by atoms with Crippen molar-refractivity contribution in [3.05, 3.63) is 46.7 Å². The van der Waals surface area contributed by atoms with E-state index in [4.69, 9.17) is 21.5 Å². The van der Waals surface area contributed by atoms with Gasteiger partial charge in [-0.3, -0.25) is 14.5 Å². The van der Waals surface area contributed by atoms with Gasteiger partial charge >= 0.3 is 0 Å². The number of amides is 2. The van der Waals surface area contributed by atoms with Gasteiger partial charge in [0.05, 0.1) is 23.3 Å². The summed E-state index contributed by atoms with van der Waals surface area (Å²) in [5.74, 6) is 0.243. The van der Waals surface area contributed by atoms with Gasteiger partial charge in [0.25, 0.3) is 11.8 Å². The van der Waals surface area contributed by atoms with Crippen LogP contribution < -0.4 is 15.0 Å². The second-order valence-electron chi connectivity index (χ2n) is 5.26. The first kappa shape index (κ1) is 15.9. The molecule has 1 N–H and O–H groups in total. The molecular formula is C16H11N3O4S2. The number of fused-ring (bicyclic) bond motifs is 1. The lowest BCUT2D eigenvalue weighted by molar-refractivity contribution is -0.115. The standard InChI is InChI=1S/C16H11N3O4S2/c20-14-13(25-16(24)18-14)8-9-1-2-11-10(7-9)19(5-6-22-11)15(21)12-3-4-17-23-12/h1-4,7-8H,5-6H2,(H,18,20,24). The number of aromatic nitrogens is 1. The summed E-state index contributed by atoms with van der Waals surface area (Å²) in [5, 5.41) is 6.15. The third kappa shape index (κ3) is 3.03. The number of carbonyl (C=O) groups excluding carboxylic acids is 2. The highest BCUT2D eigenvalue weighted by molar-refractivity contribution is 8.26. The van der Waals surface area contributed by atoms with Crippen molar-refractivity contribution >= 4 is 51.9 Å². The maximum atomic E-state index is 12.6. The Kier molecular flexibility index (Phi) is 4.02. The average molecular weight is 373 g/mol. The Balaban J connectivity index is 1.69. The highest BCUT2D eigenvalue weighted by atomic mass is 32.2. The molecule has 126 valence electrons. The number of carbonyl (C=O) groups is 2. The van der Waals surface area contributed by atoms with Gasteiger partial charge in [-0.05, 0) is 23.8 Å². The summed E-state index contributed by atoms with van der Waals surface area (Å²) in [4.78, 5) is 26.5. The molecule has 2 aliphatic rings. The third-order valence-electron chi connectivity index (χ3n) is 3.68. The summed E-state index contributed by atoms with van der Waals surface area (Å²) in [7, 11) is 0. The molecule has 7 nitrogen and oxygen atoms in total. The quantitative estimate of drug-likeness (QED) is 0.638. The fraction of sp³-hybridized carbons (Fsp3) is 0.125.